The maximum absolute atomic E-state index is 13.7. The molecule has 1 fully saturated rings. The fourth-order valence-corrected chi connectivity index (χ4v) is 5.78. The monoisotopic (exact) mass is 384 g/mol. The van der Waals surface area contributed by atoms with Crippen molar-refractivity contribution in [2.24, 2.45) is 0 Å². The number of rotatable bonds is 2. The number of amides is 2. The van der Waals surface area contributed by atoms with Gasteiger partial charge < -0.3 is 9.80 Å². The van der Waals surface area contributed by atoms with Crippen molar-refractivity contribution in [2.75, 3.05) is 11.4 Å². The molecule has 1 atom stereocenters. The maximum atomic E-state index is 13.7. The van der Waals surface area contributed by atoms with Gasteiger partial charge >= 0.3 is 0 Å². The quantitative estimate of drug-likeness (QED) is 0.789. The van der Waals surface area contributed by atoms with Crippen molar-refractivity contribution in [3.05, 3.63) is 65.5 Å². The van der Waals surface area contributed by atoms with Crippen molar-refractivity contribution in [1.82, 2.24) is 4.90 Å². The van der Waals surface area contributed by atoms with Crippen LogP contribution in [0.15, 0.2) is 48.5 Å². The Morgan fingerprint density at radius 3 is 2.48 bits per heavy atom. The first-order valence-electron chi connectivity index (χ1n) is 8.89. The van der Waals surface area contributed by atoms with Crippen molar-refractivity contribution in [1.29, 1.82) is 0 Å². The Kier molecular flexibility index (Phi) is 4.07. The summed E-state index contributed by atoms with van der Waals surface area (Å²) < 4.78 is 13.0. The second kappa shape index (κ2) is 6.09. The Morgan fingerprint density at radius 2 is 1.81 bits per heavy atom. The van der Waals surface area contributed by atoms with E-state index in [4.69, 9.17) is 0 Å². The molecule has 0 aromatic heterocycles. The lowest BCUT2D eigenvalue weighted by Crippen LogP contribution is -2.49. The van der Waals surface area contributed by atoms with Crippen LogP contribution in [-0.2, 0) is 21.0 Å². The van der Waals surface area contributed by atoms with Crippen LogP contribution in [0.1, 0.15) is 31.9 Å². The second-order valence-corrected chi connectivity index (χ2v) is 9.55. The van der Waals surface area contributed by atoms with Crippen LogP contribution in [0.2, 0.25) is 0 Å². The lowest BCUT2D eigenvalue weighted by atomic mass is 10.0. The smallest absolute Gasteiger partial charge is 0.268 e. The molecule has 0 N–H and O–H groups in total. The maximum Gasteiger partial charge on any atom is 0.268 e. The second-order valence-electron chi connectivity index (χ2n) is 7.65. The fourth-order valence-electron chi connectivity index (χ4n) is 4.00. The first-order chi connectivity index (χ1) is 12.7. The van der Waals surface area contributed by atoms with Gasteiger partial charge in [0.1, 0.15) is 5.82 Å². The first-order valence-corrected chi connectivity index (χ1v) is 9.70. The summed E-state index contributed by atoms with van der Waals surface area (Å²) >= 11 is 1.54. The third-order valence-electron chi connectivity index (χ3n) is 5.07. The van der Waals surface area contributed by atoms with Gasteiger partial charge in [0, 0.05) is 23.8 Å². The van der Waals surface area contributed by atoms with E-state index in [-0.39, 0.29) is 22.4 Å². The van der Waals surface area contributed by atoms with Gasteiger partial charge in [0.15, 0.2) is 4.87 Å². The van der Waals surface area contributed by atoms with Gasteiger partial charge in [0.2, 0.25) is 5.91 Å². The van der Waals surface area contributed by atoms with Crippen LogP contribution < -0.4 is 4.90 Å². The Balaban J connectivity index is 1.82. The van der Waals surface area contributed by atoms with Crippen LogP contribution >= 0.6 is 11.8 Å². The molecule has 2 aromatic carbocycles. The molecule has 1 saturated heterocycles. The number of nitrogens with zero attached hydrogens (tertiary/aromatic N) is 2. The summed E-state index contributed by atoms with van der Waals surface area (Å²) in [4.78, 5) is 28.5. The number of para-hydroxylation sites is 1. The normalized spacial score (nSPS) is 23.2. The summed E-state index contributed by atoms with van der Waals surface area (Å²) in [6.07, 6.45) is 0. The van der Waals surface area contributed by atoms with Crippen LogP contribution in [0.3, 0.4) is 0 Å². The molecule has 27 heavy (non-hydrogen) atoms. The molecule has 2 aromatic rings. The van der Waals surface area contributed by atoms with Gasteiger partial charge in [-0.1, -0.05) is 30.3 Å². The summed E-state index contributed by atoms with van der Waals surface area (Å²) in [6.45, 7) is 6.48. The largest absolute Gasteiger partial charge is 0.315 e. The lowest BCUT2D eigenvalue weighted by molar-refractivity contribution is -0.138. The molecule has 2 aliphatic heterocycles. The summed E-state index contributed by atoms with van der Waals surface area (Å²) in [6, 6.07) is 13.8. The van der Waals surface area contributed by atoms with E-state index < -0.39 is 4.87 Å². The SMILES string of the molecule is CC(=O)N1CC(C)(C)SC12C(=O)N(Cc1ccc(F)cc1)c1ccccc12. The minimum atomic E-state index is -1.04. The van der Waals surface area contributed by atoms with Crippen LogP contribution in [0.4, 0.5) is 10.1 Å². The Bertz CT molecular complexity index is 928. The third kappa shape index (κ3) is 2.74. The van der Waals surface area contributed by atoms with E-state index in [1.807, 2.05) is 24.3 Å². The van der Waals surface area contributed by atoms with Crippen molar-refractivity contribution in [3.63, 3.8) is 0 Å². The van der Waals surface area contributed by atoms with Crippen LogP contribution in [0.5, 0.6) is 0 Å². The summed E-state index contributed by atoms with van der Waals surface area (Å²) in [5, 5.41) is 0. The van der Waals surface area contributed by atoms with E-state index in [0.717, 1.165) is 16.8 Å². The number of thioether (sulfide) groups is 1. The highest BCUT2D eigenvalue weighted by Crippen LogP contribution is 2.59. The Morgan fingerprint density at radius 1 is 1.15 bits per heavy atom. The van der Waals surface area contributed by atoms with E-state index in [9.17, 15) is 14.0 Å². The molecule has 0 saturated carbocycles. The third-order valence-corrected chi connectivity index (χ3v) is 6.66. The van der Waals surface area contributed by atoms with Crippen LogP contribution in [0, 0.1) is 5.82 Å². The molecule has 0 bridgehead atoms. The molecule has 1 unspecified atom stereocenters. The topological polar surface area (TPSA) is 40.6 Å². The molecule has 0 radical (unpaired) electrons. The van der Waals surface area contributed by atoms with Gasteiger partial charge in [-0.15, -0.1) is 11.8 Å². The number of hydrogen-bond acceptors (Lipinski definition) is 3. The van der Waals surface area contributed by atoms with Gasteiger partial charge in [0.05, 0.1) is 12.2 Å². The molecule has 2 amide bonds. The van der Waals surface area contributed by atoms with Gasteiger partial charge in [-0.25, -0.2) is 4.39 Å². The lowest BCUT2D eigenvalue weighted by Gasteiger charge is -2.32. The molecule has 1 spiro atoms. The van der Waals surface area contributed by atoms with Crippen molar-refractivity contribution in [3.8, 4) is 0 Å². The van der Waals surface area contributed by atoms with Crippen molar-refractivity contribution in [2.45, 2.75) is 36.9 Å². The average molecular weight is 384 g/mol. The standard InChI is InChI=1S/C21H21FN2O2S/c1-14(25)24-13-20(2,3)27-21(24)17-6-4-5-7-18(17)23(19(21)26)12-15-8-10-16(22)11-9-15/h4-11H,12-13H2,1-3H3. The number of anilines is 1. The number of carbonyl (C=O) groups excluding carboxylic acids is 2. The highest BCUT2D eigenvalue weighted by Gasteiger charge is 2.63. The van der Waals surface area contributed by atoms with Crippen molar-refractivity contribution >= 4 is 29.3 Å². The average Bonchev–Trinajstić information content (AvgIpc) is 3.04. The van der Waals surface area contributed by atoms with Crippen molar-refractivity contribution < 1.29 is 14.0 Å². The summed E-state index contributed by atoms with van der Waals surface area (Å²) in [7, 11) is 0. The van der Waals surface area contributed by atoms with Gasteiger partial charge in [-0.3, -0.25) is 9.59 Å². The van der Waals surface area contributed by atoms with Gasteiger partial charge in [-0.05, 0) is 37.6 Å². The predicted molar refractivity (Wildman–Crippen MR) is 105 cm³/mol. The Hall–Kier alpha value is -2.34. The minimum Gasteiger partial charge on any atom is -0.315 e. The minimum absolute atomic E-state index is 0.111. The Labute approximate surface area is 162 Å². The molecular formula is C21H21FN2O2S. The molecule has 2 heterocycles. The van der Waals surface area contributed by atoms with E-state index in [1.54, 1.807) is 21.9 Å². The molecular weight excluding hydrogens is 363 g/mol. The predicted octanol–water partition coefficient (Wildman–Crippen LogP) is 3.90. The molecule has 2 aliphatic rings. The number of halogens is 1. The van der Waals surface area contributed by atoms with Gasteiger partial charge in [-0.2, -0.15) is 0 Å². The zero-order valence-corrected chi connectivity index (χ0v) is 16.3. The zero-order chi connectivity index (χ0) is 19.4. The van der Waals surface area contributed by atoms with E-state index in [0.29, 0.717) is 13.1 Å². The van der Waals surface area contributed by atoms with Gasteiger partial charge in [0.25, 0.3) is 5.91 Å². The highest BCUT2D eigenvalue weighted by molar-refractivity contribution is 8.02. The summed E-state index contributed by atoms with van der Waals surface area (Å²) in [5.74, 6) is -0.530. The number of carbonyl (C=O) groups is 2. The summed E-state index contributed by atoms with van der Waals surface area (Å²) in [5.41, 5.74) is 2.50. The zero-order valence-electron chi connectivity index (χ0n) is 15.5. The number of benzene rings is 2. The van der Waals surface area contributed by atoms with E-state index in [2.05, 4.69) is 13.8 Å². The highest BCUT2D eigenvalue weighted by atomic mass is 32.2. The van der Waals surface area contributed by atoms with E-state index >= 15 is 0 Å². The van der Waals surface area contributed by atoms with Crippen LogP contribution in [0.25, 0.3) is 0 Å². The van der Waals surface area contributed by atoms with E-state index in [1.165, 1.54) is 30.8 Å². The molecule has 0 aliphatic carbocycles. The molecule has 4 rings (SSSR count). The molecule has 4 nitrogen and oxygen atoms in total. The van der Waals surface area contributed by atoms with Crippen LogP contribution in [-0.4, -0.2) is 28.0 Å². The number of fused-ring (bicyclic) bond motifs is 2. The molecule has 6 heteroatoms. The first kappa shape index (κ1) is 18.0. The number of hydrogen-bond donors (Lipinski definition) is 0. The molecule has 140 valence electrons. The fraction of sp³-hybridized carbons (Fsp3) is 0.333.